The Labute approximate surface area is 151 Å². The summed E-state index contributed by atoms with van der Waals surface area (Å²) in [5, 5.41) is 2.94. The van der Waals surface area contributed by atoms with E-state index in [1.165, 1.54) is 19.3 Å². The van der Waals surface area contributed by atoms with Gasteiger partial charge in [0.25, 0.3) is 0 Å². The molecule has 132 valence electrons. The second-order valence-corrected chi connectivity index (χ2v) is 5.94. The van der Waals surface area contributed by atoms with E-state index in [0.29, 0.717) is 6.54 Å². The Morgan fingerprint density at radius 2 is 1.96 bits per heavy atom. The van der Waals surface area contributed by atoms with Crippen LogP contribution in [0.1, 0.15) is 38.7 Å². The van der Waals surface area contributed by atoms with Gasteiger partial charge in [0.2, 0.25) is 5.91 Å². The van der Waals surface area contributed by atoms with Crippen molar-refractivity contribution in [3.05, 3.63) is 23.9 Å². The van der Waals surface area contributed by atoms with E-state index in [0.717, 1.165) is 24.5 Å². The van der Waals surface area contributed by atoms with Gasteiger partial charge in [0.15, 0.2) is 0 Å². The summed E-state index contributed by atoms with van der Waals surface area (Å²) in [6.07, 6.45) is 5.59. The molecule has 1 amide bonds. The molecule has 0 saturated carbocycles. The van der Waals surface area contributed by atoms with E-state index in [9.17, 15) is 4.79 Å². The van der Waals surface area contributed by atoms with Gasteiger partial charge in [-0.1, -0.05) is 6.92 Å². The van der Waals surface area contributed by atoms with E-state index in [4.69, 9.17) is 5.73 Å². The minimum Gasteiger partial charge on any atom is -0.357 e. The molecule has 0 radical (unpaired) electrons. The van der Waals surface area contributed by atoms with Gasteiger partial charge < -0.3 is 16.0 Å². The lowest BCUT2D eigenvalue weighted by Gasteiger charge is -2.28. The first kappa shape index (κ1) is 22.0. The first-order chi connectivity index (χ1) is 10.1. The third-order valence-electron chi connectivity index (χ3n) is 4.16. The van der Waals surface area contributed by atoms with Crippen LogP contribution < -0.4 is 16.0 Å². The predicted octanol–water partition coefficient (Wildman–Crippen LogP) is 2.52. The molecule has 23 heavy (non-hydrogen) atoms. The number of rotatable bonds is 5. The molecule has 1 aliphatic rings. The highest BCUT2D eigenvalue weighted by molar-refractivity contribution is 5.85. The Morgan fingerprint density at radius 3 is 2.57 bits per heavy atom. The Morgan fingerprint density at radius 1 is 1.30 bits per heavy atom. The number of piperidine rings is 1. The van der Waals surface area contributed by atoms with Gasteiger partial charge in [0, 0.05) is 37.8 Å². The number of amides is 1. The normalized spacial score (nSPS) is 16.6. The van der Waals surface area contributed by atoms with Crippen molar-refractivity contribution >= 4 is 36.5 Å². The van der Waals surface area contributed by atoms with Gasteiger partial charge in [0.1, 0.15) is 5.82 Å². The van der Waals surface area contributed by atoms with Crippen LogP contribution in [0.3, 0.4) is 0 Å². The van der Waals surface area contributed by atoms with Gasteiger partial charge in [-0.2, -0.15) is 0 Å². The average molecular weight is 363 g/mol. The third-order valence-corrected chi connectivity index (χ3v) is 4.16. The molecule has 1 aromatic rings. The number of hydrogen-bond acceptors (Lipinski definition) is 4. The summed E-state index contributed by atoms with van der Waals surface area (Å²) >= 11 is 0. The number of carbonyl (C=O) groups is 1. The summed E-state index contributed by atoms with van der Waals surface area (Å²) in [6, 6.07) is 3.89. The van der Waals surface area contributed by atoms with Crippen LogP contribution in [0.15, 0.2) is 18.3 Å². The van der Waals surface area contributed by atoms with Crippen LogP contribution in [0.2, 0.25) is 0 Å². The summed E-state index contributed by atoms with van der Waals surface area (Å²) in [7, 11) is 0. The minimum atomic E-state index is -0.173. The number of aromatic nitrogens is 1. The zero-order chi connectivity index (χ0) is 15.2. The van der Waals surface area contributed by atoms with Crippen LogP contribution in [0.25, 0.3) is 0 Å². The van der Waals surface area contributed by atoms with E-state index >= 15 is 0 Å². The topological polar surface area (TPSA) is 71.2 Å². The van der Waals surface area contributed by atoms with Crippen LogP contribution in [-0.2, 0) is 11.3 Å². The van der Waals surface area contributed by atoms with Crippen molar-refractivity contribution in [2.75, 3.05) is 18.0 Å². The predicted molar refractivity (Wildman–Crippen MR) is 99.5 cm³/mol. The molecule has 0 aliphatic carbocycles. The highest BCUT2D eigenvalue weighted by Gasteiger charge is 2.17. The lowest BCUT2D eigenvalue weighted by atomic mass is 10.0. The zero-order valence-corrected chi connectivity index (χ0v) is 15.5. The Balaban J connectivity index is 0.00000242. The molecule has 5 nitrogen and oxygen atoms in total. The molecule has 3 N–H and O–H groups in total. The monoisotopic (exact) mass is 362 g/mol. The number of pyridine rings is 1. The minimum absolute atomic E-state index is 0. The fraction of sp³-hybridized carbons (Fsp3) is 0.625. The van der Waals surface area contributed by atoms with Crippen LogP contribution in [0.5, 0.6) is 0 Å². The van der Waals surface area contributed by atoms with E-state index in [1.807, 2.05) is 26.1 Å². The van der Waals surface area contributed by atoms with Crippen molar-refractivity contribution in [2.24, 2.45) is 11.7 Å². The quantitative estimate of drug-likeness (QED) is 0.843. The van der Waals surface area contributed by atoms with E-state index in [-0.39, 0.29) is 42.7 Å². The third kappa shape index (κ3) is 6.53. The molecule has 1 aromatic heterocycles. The van der Waals surface area contributed by atoms with E-state index in [1.54, 1.807) is 0 Å². The lowest BCUT2D eigenvalue weighted by Crippen LogP contribution is -2.38. The van der Waals surface area contributed by atoms with Gasteiger partial charge in [-0.25, -0.2) is 4.98 Å². The van der Waals surface area contributed by atoms with Gasteiger partial charge >= 0.3 is 0 Å². The first-order valence-electron chi connectivity index (χ1n) is 7.81. The number of halogens is 2. The van der Waals surface area contributed by atoms with Crippen molar-refractivity contribution in [1.29, 1.82) is 0 Å². The van der Waals surface area contributed by atoms with Crippen molar-refractivity contribution in [3.8, 4) is 0 Å². The lowest BCUT2D eigenvalue weighted by molar-refractivity contribution is -0.125. The van der Waals surface area contributed by atoms with Gasteiger partial charge in [-0.05, 0) is 43.9 Å². The highest BCUT2D eigenvalue weighted by atomic mass is 35.5. The highest BCUT2D eigenvalue weighted by Crippen LogP contribution is 2.18. The van der Waals surface area contributed by atoms with Crippen molar-refractivity contribution in [3.63, 3.8) is 0 Å². The Kier molecular flexibility index (Phi) is 10.2. The Hall–Kier alpha value is -1.04. The van der Waals surface area contributed by atoms with Crippen molar-refractivity contribution < 1.29 is 4.79 Å². The molecule has 0 bridgehead atoms. The molecule has 0 spiro atoms. The fourth-order valence-electron chi connectivity index (χ4n) is 2.46. The molecule has 1 aliphatic heterocycles. The maximum Gasteiger partial charge on any atom is 0.224 e. The van der Waals surface area contributed by atoms with E-state index in [2.05, 4.69) is 21.3 Å². The van der Waals surface area contributed by atoms with Crippen LogP contribution >= 0.6 is 24.8 Å². The van der Waals surface area contributed by atoms with Gasteiger partial charge in [0.05, 0.1) is 0 Å². The standard InChI is InChI=1S/C16H26N4O.2ClH/c1-12(13(2)17)16(21)19-11-14-6-7-18-15(10-14)20-8-4-3-5-9-20;;/h6-7,10,12-13H,3-5,8-9,11,17H2,1-2H3,(H,19,21);2*1H. The summed E-state index contributed by atoms with van der Waals surface area (Å²) in [5.41, 5.74) is 6.83. The maximum atomic E-state index is 11.9. The van der Waals surface area contributed by atoms with E-state index < -0.39 is 0 Å². The summed E-state index contributed by atoms with van der Waals surface area (Å²) in [5.74, 6) is 0.844. The van der Waals surface area contributed by atoms with Crippen LogP contribution in [-0.4, -0.2) is 30.0 Å². The number of nitrogens with zero attached hydrogens (tertiary/aromatic N) is 2. The van der Waals surface area contributed by atoms with Crippen molar-refractivity contribution in [1.82, 2.24) is 10.3 Å². The molecule has 7 heteroatoms. The number of anilines is 1. The van der Waals surface area contributed by atoms with Gasteiger partial charge in [-0.15, -0.1) is 24.8 Å². The molecule has 2 heterocycles. The molecule has 1 fully saturated rings. The summed E-state index contributed by atoms with van der Waals surface area (Å²) in [4.78, 5) is 18.7. The molecule has 2 unspecified atom stereocenters. The second kappa shape index (κ2) is 10.7. The largest absolute Gasteiger partial charge is 0.357 e. The van der Waals surface area contributed by atoms with Gasteiger partial charge in [-0.3, -0.25) is 4.79 Å². The SMILES string of the molecule is CC(N)C(C)C(=O)NCc1ccnc(N2CCCCC2)c1.Cl.Cl. The van der Waals surface area contributed by atoms with Crippen LogP contribution in [0.4, 0.5) is 5.82 Å². The molecular formula is C16H28Cl2N4O. The molecule has 2 atom stereocenters. The van der Waals surface area contributed by atoms with Crippen LogP contribution in [0, 0.1) is 5.92 Å². The smallest absolute Gasteiger partial charge is 0.224 e. The number of carbonyl (C=O) groups excluding carboxylic acids is 1. The zero-order valence-electron chi connectivity index (χ0n) is 13.8. The first-order valence-corrected chi connectivity index (χ1v) is 7.81. The number of nitrogens with one attached hydrogen (secondary N) is 1. The van der Waals surface area contributed by atoms with Crippen molar-refractivity contribution in [2.45, 2.75) is 45.7 Å². The molecule has 2 rings (SSSR count). The molecular weight excluding hydrogens is 335 g/mol. The number of nitrogens with two attached hydrogens (primary N) is 1. The Bertz CT molecular complexity index is 479. The second-order valence-electron chi connectivity index (χ2n) is 5.94. The molecule has 1 saturated heterocycles. The number of hydrogen-bond donors (Lipinski definition) is 2. The fourth-order valence-corrected chi connectivity index (χ4v) is 2.46. The molecule has 0 aromatic carbocycles. The summed E-state index contributed by atoms with van der Waals surface area (Å²) in [6.45, 7) is 6.38. The summed E-state index contributed by atoms with van der Waals surface area (Å²) < 4.78 is 0. The average Bonchev–Trinajstić information content (AvgIpc) is 2.53. The maximum absolute atomic E-state index is 11.9.